The summed E-state index contributed by atoms with van der Waals surface area (Å²) < 4.78 is 2.99. The summed E-state index contributed by atoms with van der Waals surface area (Å²) in [6.45, 7) is 2.04. The number of nitrogens with one attached hydrogen (secondary N) is 1. The number of nitrogens with zero attached hydrogens (tertiary/aromatic N) is 2. The molecule has 0 aliphatic carbocycles. The minimum Gasteiger partial charge on any atom is -0.301 e. The van der Waals surface area contributed by atoms with Gasteiger partial charge in [0, 0.05) is 5.02 Å². The maximum Gasteiger partial charge on any atom is 0.236 e. The van der Waals surface area contributed by atoms with Crippen LogP contribution in [-0.4, -0.2) is 21.6 Å². The van der Waals surface area contributed by atoms with E-state index in [0.29, 0.717) is 15.9 Å². The molecular weight excluding hydrogens is 394 g/mol. The van der Waals surface area contributed by atoms with E-state index in [1.807, 2.05) is 37.3 Å². The highest BCUT2D eigenvalue weighted by molar-refractivity contribution is 8.01. The van der Waals surface area contributed by atoms with Gasteiger partial charge < -0.3 is 5.32 Å². The molecule has 4 aromatic rings. The van der Waals surface area contributed by atoms with Gasteiger partial charge >= 0.3 is 0 Å². The van der Waals surface area contributed by atoms with Gasteiger partial charge in [-0.1, -0.05) is 40.8 Å². The Morgan fingerprint density at radius 2 is 2.00 bits per heavy atom. The van der Waals surface area contributed by atoms with E-state index in [1.165, 1.54) is 28.7 Å². The average Bonchev–Trinajstić information content (AvgIpc) is 3.14. The molecule has 0 aliphatic heterocycles. The molecule has 0 saturated carbocycles. The Labute approximate surface area is 161 Å². The molecule has 0 atom stereocenters. The molecule has 0 fully saturated rings. The van der Waals surface area contributed by atoms with Crippen LogP contribution in [0.15, 0.2) is 40.7 Å². The lowest BCUT2D eigenvalue weighted by Gasteiger charge is -1.99. The molecule has 0 unspecified atom stereocenters. The fourth-order valence-electron chi connectivity index (χ4n) is 2.31. The van der Waals surface area contributed by atoms with Crippen LogP contribution in [0.25, 0.3) is 20.4 Å². The summed E-state index contributed by atoms with van der Waals surface area (Å²) in [6, 6.07) is 11.7. The summed E-state index contributed by atoms with van der Waals surface area (Å²) in [5, 5.41) is 4.16. The predicted molar refractivity (Wildman–Crippen MR) is 108 cm³/mol. The van der Waals surface area contributed by atoms with Gasteiger partial charge in [0.05, 0.1) is 26.2 Å². The van der Waals surface area contributed by atoms with E-state index in [4.69, 9.17) is 11.6 Å². The van der Waals surface area contributed by atoms with Crippen LogP contribution in [0, 0.1) is 6.92 Å². The van der Waals surface area contributed by atoms with E-state index in [9.17, 15) is 4.79 Å². The second-order valence-electron chi connectivity index (χ2n) is 5.42. The number of hydrogen-bond donors (Lipinski definition) is 1. The second-order valence-corrected chi connectivity index (χ2v) is 9.14. The fourth-order valence-corrected chi connectivity index (χ4v) is 5.30. The first-order valence-corrected chi connectivity index (χ1v) is 10.4. The first kappa shape index (κ1) is 16.8. The molecule has 2 heterocycles. The number of carbonyl (C=O) groups is 1. The summed E-state index contributed by atoms with van der Waals surface area (Å²) in [6.07, 6.45) is 0. The minimum absolute atomic E-state index is 0.0851. The average molecular weight is 406 g/mol. The van der Waals surface area contributed by atoms with Crippen LogP contribution in [-0.2, 0) is 4.79 Å². The largest absolute Gasteiger partial charge is 0.301 e. The standard InChI is InChI=1S/C17H12ClN3OS3/c1-9-2-4-11-14(6-9)24-16(19-11)21-15(22)8-23-17-20-12-7-10(18)3-5-13(12)25-17/h2-7H,8H2,1H3,(H,19,21,22). The minimum atomic E-state index is -0.0851. The van der Waals surface area contributed by atoms with E-state index in [-0.39, 0.29) is 5.91 Å². The van der Waals surface area contributed by atoms with Gasteiger partial charge in [-0.3, -0.25) is 4.79 Å². The molecule has 4 rings (SSSR count). The van der Waals surface area contributed by atoms with Crippen molar-refractivity contribution in [3.8, 4) is 0 Å². The zero-order chi connectivity index (χ0) is 17.4. The maximum atomic E-state index is 12.2. The van der Waals surface area contributed by atoms with Gasteiger partial charge in [-0.05, 0) is 42.8 Å². The molecule has 126 valence electrons. The predicted octanol–water partition coefficient (Wildman–Crippen LogP) is 5.60. The van der Waals surface area contributed by atoms with Crippen molar-refractivity contribution in [2.24, 2.45) is 0 Å². The van der Waals surface area contributed by atoms with Gasteiger partial charge in [0.2, 0.25) is 5.91 Å². The SMILES string of the molecule is Cc1ccc2nc(NC(=O)CSc3nc4cc(Cl)ccc4s3)sc2c1. The maximum absolute atomic E-state index is 12.2. The Morgan fingerprint density at radius 1 is 1.12 bits per heavy atom. The molecule has 1 N–H and O–H groups in total. The first-order valence-electron chi connectivity index (χ1n) is 7.43. The monoisotopic (exact) mass is 405 g/mol. The van der Waals surface area contributed by atoms with Crippen LogP contribution in [0.4, 0.5) is 5.13 Å². The normalized spacial score (nSPS) is 11.3. The zero-order valence-corrected chi connectivity index (χ0v) is 16.3. The quantitative estimate of drug-likeness (QED) is 0.449. The molecule has 25 heavy (non-hydrogen) atoms. The number of halogens is 1. The summed E-state index contributed by atoms with van der Waals surface area (Å²) in [5.41, 5.74) is 2.95. The summed E-state index contributed by atoms with van der Waals surface area (Å²) in [5.74, 6) is 0.209. The lowest BCUT2D eigenvalue weighted by Crippen LogP contribution is -2.13. The van der Waals surface area contributed by atoms with Crippen LogP contribution in [0.1, 0.15) is 5.56 Å². The Kier molecular flexibility index (Phi) is 4.64. The highest BCUT2D eigenvalue weighted by atomic mass is 35.5. The Morgan fingerprint density at radius 3 is 2.88 bits per heavy atom. The number of aromatic nitrogens is 2. The molecular formula is C17H12ClN3OS3. The summed E-state index contributed by atoms with van der Waals surface area (Å²) in [7, 11) is 0. The van der Waals surface area contributed by atoms with Gasteiger partial charge in [0.15, 0.2) is 9.47 Å². The summed E-state index contributed by atoms with van der Waals surface area (Å²) >= 11 is 10.4. The number of hydrogen-bond acceptors (Lipinski definition) is 6. The van der Waals surface area contributed by atoms with Gasteiger partial charge in [-0.2, -0.15) is 0 Å². The van der Waals surface area contributed by atoms with Crippen LogP contribution in [0.3, 0.4) is 0 Å². The van der Waals surface area contributed by atoms with E-state index >= 15 is 0 Å². The molecule has 2 aromatic carbocycles. The molecule has 2 aromatic heterocycles. The number of thioether (sulfide) groups is 1. The molecule has 1 amide bonds. The van der Waals surface area contributed by atoms with Gasteiger partial charge in [0.1, 0.15) is 0 Å². The number of thiazole rings is 2. The Bertz CT molecular complexity index is 1090. The van der Waals surface area contributed by atoms with Crippen LogP contribution in [0.2, 0.25) is 5.02 Å². The van der Waals surface area contributed by atoms with Crippen LogP contribution in [0.5, 0.6) is 0 Å². The van der Waals surface area contributed by atoms with Crippen molar-refractivity contribution in [3.63, 3.8) is 0 Å². The highest BCUT2D eigenvalue weighted by Crippen LogP contribution is 2.31. The number of anilines is 1. The fraction of sp³-hybridized carbons (Fsp3) is 0.118. The molecule has 8 heteroatoms. The van der Waals surface area contributed by atoms with Crippen molar-refractivity contribution < 1.29 is 4.79 Å². The van der Waals surface area contributed by atoms with Crippen LogP contribution < -0.4 is 5.32 Å². The highest BCUT2D eigenvalue weighted by Gasteiger charge is 2.11. The van der Waals surface area contributed by atoms with Gasteiger partial charge in [-0.15, -0.1) is 11.3 Å². The van der Waals surface area contributed by atoms with E-state index in [0.717, 1.165) is 24.8 Å². The third-order valence-electron chi connectivity index (χ3n) is 3.45. The Hall–Kier alpha value is -1.67. The lowest BCUT2D eigenvalue weighted by molar-refractivity contribution is -0.113. The number of rotatable bonds is 4. The molecule has 0 bridgehead atoms. The lowest BCUT2D eigenvalue weighted by atomic mass is 10.2. The molecule has 0 spiro atoms. The molecule has 0 radical (unpaired) electrons. The van der Waals surface area contributed by atoms with Gasteiger partial charge in [0.25, 0.3) is 0 Å². The van der Waals surface area contributed by atoms with Crippen molar-refractivity contribution >= 4 is 77.5 Å². The van der Waals surface area contributed by atoms with E-state index in [2.05, 4.69) is 21.4 Å². The number of carbonyl (C=O) groups excluding carboxylic acids is 1. The van der Waals surface area contributed by atoms with Crippen molar-refractivity contribution in [1.82, 2.24) is 9.97 Å². The smallest absolute Gasteiger partial charge is 0.236 e. The van der Waals surface area contributed by atoms with Crippen molar-refractivity contribution in [2.75, 3.05) is 11.1 Å². The molecule has 0 aliphatic rings. The van der Waals surface area contributed by atoms with Gasteiger partial charge in [-0.25, -0.2) is 9.97 Å². The van der Waals surface area contributed by atoms with Crippen molar-refractivity contribution in [3.05, 3.63) is 47.0 Å². The topological polar surface area (TPSA) is 54.9 Å². The molecule has 4 nitrogen and oxygen atoms in total. The van der Waals surface area contributed by atoms with Crippen molar-refractivity contribution in [1.29, 1.82) is 0 Å². The molecule has 0 saturated heterocycles. The van der Waals surface area contributed by atoms with Crippen LogP contribution >= 0.6 is 46.0 Å². The van der Waals surface area contributed by atoms with E-state index in [1.54, 1.807) is 11.3 Å². The number of aryl methyl sites for hydroxylation is 1. The number of fused-ring (bicyclic) bond motifs is 2. The number of benzene rings is 2. The van der Waals surface area contributed by atoms with E-state index < -0.39 is 0 Å². The zero-order valence-electron chi connectivity index (χ0n) is 13.1. The van der Waals surface area contributed by atoms with Crippen molar-refractivity contribution in [2.45, 2.75) is 11.3 Å². The third-order valence-corrected chi connectivity index (χ3v) is 6.80. The number of amides is 1. The summed E-state index contributed by atoms with van der Waals surface area (Å²) in [4.78, 5) is 21.1. The first-order chi connectivity index (χ1) is 12.1. The Balaban J connectivity index is 1.42. The third kappa shape index (κ3) is 3.79. The second kappa shape index (κ2) is 6.92.